The third-order valence-electron chi connectivity index (χ3n) is 6.53. The molecule has 3 N–H and O–H groups in total. The minimum absolute atomic E-state index is 0.00582. The van der Waals surface area contributed by atoms with Crippen LogP contribution in [0.25, 0.3) is 10.1 Å². The van der Waals surface area contributed by atoms with Gasteiger partial charge in [-0.15, -0.1) is 11.3 Å². The van der Waals surface area contributed by atoms with Crippen LogP contribution in [-0.4, -0.2) is 52.4 Å². The standard InChI is InChI=1S/C22H30N2O3S/c1-12(2)23-22(27)19-13(3)20(25)21(26)17-10-24(9-16(17)19)8-14-11-28-18-7-5-4-6-15(14)18/h4-7,11-13,16-17,19-21,25-26H,8-10H2,1-3H3,(H,23,27)/t13-,16+,17+,19+,20+,21+/m1/s1. The summed E-state index contributed by atoms with van der Waals surface area (Å²) in [4.78, 5) is 15.2. The third kappa shape index (κ3) is 3.47. The van der Waals surface area contributed by atoms with Crippen LogP contribution < -0.4 is 5.32 Å². The van der Waals surface area contributed by atoms with E-state index in [4.69, 9.17) is 0 Å². The summed E-state index contributed by atoms with van der Waals surface area (Å²) in [5.74, 6) is -0.519. The number of amides is 1. The van der Waals surface area contributed by atoms with Crippen molar-refractivity contribution in [1.82, 2.24) is 10.2 Å². The van der Waals surface area contributed by atoms with E-state index in [1.807, 2.05) is 20.8 Å². The normalized spacial score (nSPS) is 33.4. The summed E-state index contributed by atoms with van der Waals surface area (Å²) in [7, 11) is 0. The number of thiophene rings is 1. The van der Waals surface area contributed by atoms with Gasteiger partial charge in [0.1, 0.15) is 0 Å². The Morgan fingerprint density at radius 1 is 1.21 bits per heavy atom. The fourth-order valence-electron chi connectivity index (χ4n) is 5.19. The molecule has 0 spiro atoms. The van der Waals surface area contributed by atoms with Gasteiger partial charge in [0.15, 0.2) is 0 Å². The van der Waals surface area contributed by atoms with Crippen molar-refractivity contribution in [2.24, 2.45) is 23.7 Å². The molecule has 5 nitrogen and oxygen atoms in total. The van der Waals surface area contributed by atoms with Crippen LogP contribution in [0.3, 0.4) is 0 Å². The highest BCUT2D eigenvalue weighted by molar-refractivity contribution is 7.17. The van der Waals surface area contributed by atoms with Gasteiger partial charge in [-0.05, 0) is 48.1 Å². The number of rotatable bonds is 4. The number of hydrogen-bond acceptors (Lipinski definition) is 5. The molecule has 2 fully saturated rings. The predicted molar refractivity (Wildman–Crippen MR) is 112 cm³/mol. The van der Waals surface area contributed by atoms with Gasteiger partial charge in [0.05, 0.1) is 12.2 Å². The molecule has 1 aromatic carbocycles. The Labute approximate surface area is 170 Å². The number of hydrogen-bond donors (Lipinski definition) is 3. The van der Waals surface area contributed by atoms with Gasteiger partial charge in [-0.2, -0.15) is 0 Å². The first-order valence-corrected chi connectivity index (χ1v) is 11.1. The summed E-state index contributed by atoms with van der Waals surface area (Å²) in [6.07, 6.45) is -1.63. The fourth-order valence-corrected chi connectivity index (χ4v) is 6.14. The van der Waals surface area contributed by atoms with E-state index >= 15 is 0 Å². The lowest BCUT2D eigenvalue weighted by molar-refractivity contribution is -0.146. The number of likely N-dealkylation sites (tertiary alicyclic amines) is 1. The Morgan fingerprint density at radius 3 is 2.68 bits per heavy atom. The second kappa shape index (κ2) is 7.75. The van der Waals surface area contributed by atoms with E-state index in [1.165, 1.54) is 15.6 Å². The molecule has 6 heteroatoms. The lowest BCUT2D eigenvalue weighted by Crippen LogP contribution is -2.56. The SMILES string of the molecule is CC(C)NC(=O)[C@H]1[C@@H](C)[C@H](O)[C@@H](O)[C@H]2CN(Cc3csc4ccccc34)C[C@@H]21. The Kier molecular flexibility index (Phi) is 5.49. The van der Waals surface area contributed by atoms with Crippen LogP contribution in [0.5, 0.6) is 0 Å². The number of aliphatic hydroxyl groups excluding tert-OH is 2. The van der Waals surface area contributed by atoms with Gasteiger partial charge in [0, 0.05) is 42.2 Å². The predicted octanol–water partition coefficient (Wildman–Crippen LogP) is 2.46. The van der Waals surface area contributed by atoms with E-state index in [0.717, 1.165) is 13.1 Å². The second-order valence-electron chi connectivity index (χ2n) is 8.81. The van der Waals surface area contributed by atoms with E-state index < -0.39 is 12.2 Å². The van der Waals surface area contributed by atoms with Crippen LogP contribution in [0.4, 0.5) is 0 Å². The number of carbonyl (C=O) groups excluding carboxylic acids is 1. The highest BCUT2D eigenvalue weighted by Crippen LogP contribution is 2.44. The van der Waals surface area contributed by atoms with Crippen molar-refractivity contribution in [3.8, 4) is 0 Å². The van der Waals surface area contributed by atoms with E-state index in [1.54, 1.807) is 11.3 Å². The molecule has 1 aromatic heterocycles. The zero-order valence-electron chi connectivity index (χ0n) is 16.7. The number of fused-ring (bicyclic) bond motifs is 2. The molecule has 0 radical (unpaired) electrons. The second-order valence-corrected chi connectivity index (χ2v) is 9.72. The smallest absolute Gasteiger partial charge is 0.224 e. The van der Waals surface area contributed by atoms with Crippen molar-refractivity contribution in [2.45, 2.75) is 45.6 Å². The largest absolute Gasteiger partial charge is 0.390 e. The maximum absolute atomic E-state index is 12.9. The third-order valence-corrected chi connectivity index (χ3v) is 7.54. The van der Waals surface area contributed by atoms with Crippen molar-refractivity contribution in [2.75, 3.05) is 13.1 Å². The first kappa shape index (κ1) is 19.8. The molecule has 28 heavy (non-hydrogen) atoms. The maximum atomic E-state index is 12.9. The Morgan fingerprint density at radius 2 is 1.93 bits per heavy atom. The van der Waals surface area contributed by atoms with Crippen molar-refractivity contribution < 1.29 is 15.0 Å². The topological polar surface area (TPSA) is 72.8 Å². The molecule has 4 rings (SSSR count). The van der Waals surface area contributed by atoms with E-state index in [9.17, 15) is 15.0 Å². The van der Waals surface area contributed by atoms with Gasteiger partial charge in [-0.1, -0.05) is 25.1 Å². The van der Waals surface area contributed by atoms with Crippen LogP contribution in [0.2, 0.25) is 0 Å². The van der Waals surface area contributed by atoms with Gasteiger partial charge in [0.25, 0.3) is 0 Å². The molecule has 0 bridgehead atoms. The van der Waals surface area contributed by atoms with Crippen LogP contribution in [0.1, 0.15) is 26.3 Å². The molecule has 1 aliphatic carbocycles. The highest BCUT2D eigenvalue weighted by Gasteiger charge is 2.53. The van der Waals surface area contributed by atoms with Crippen LogP contribution in [0, 0.1) is 23.7 Å². The number of benzene rings is 1. The van der Waals surface area contributed by atoms with E-state index in [0.29, 0.717) is 6.54 Å². The number of aliphatic hydroxyl groups is 2. The van der Waals surface area contributed by atoms with E-state index in [-0.39, 0.29) is 35.6 Å². The first-order valence-electron chi connectivity index (χ1n) is 10.2. The monoisotopic (exact) mass is 402 g/mol. The Bertz CT molecular complexity index is 851. The molecule has 0 unspecified atom stereocenters. The minimum atomic E-state index is -0.855. The van der Waals surface area contributed by atoms with E-state index in [2.05, 4.69) is 39.9 Å². The van der Waals surface area contributed by atoms with Crippen molar-refractivity contribution in [3.05, 3.63) is 35.2 Å². The molecule has 2 aromatic rings. The molecular formula is C22H30N2O3S. The summed E-state index contributed by atoms with van der Waals surface area (Å²) >= 11 is 1.76. The molecule has 6 atom stereocenters. The van der Waals surface area contributed by atoms with Gasteiger partial charge in [-0.3, -0.25) is 9.69 Å². The molecular weight excluding hydrogens is 372 g/mol. The first-order chi connectivity index (χ1) is 13.4. The van der Waals surface area contributed by atoms with Crippen LogP contribution >= 0.6 is 11.3 Å². The lowest BCUT2D eigenvalue weighted by Gasteiger charge is -2.43. The molecule has 1 saturated heterocycles. The molecule has 152 valence electrons. The number of nitrogens with one attached hydrogen (secondary N) is 1. The molecule has 2 heterocycles. The van der Waals surface area contributed by atoms with Crippen LogP contribution in [0.15, 0.2) is 29.6 Å². The average Bonchev–Trinajstić information content (AvgIpc) is 3.24. The number of carbonyl (C=O) groups is 1. The van der Waals surface area contributed by atoms with Crippen molar-refractivity contribution >= 4 is 27.3 Å². The Hall–Kier alpha value is -1.47. The van der Waals surface area contributed by atoms with Crippen molar-refractivity contribution in [3.63, 3.8) is 0 Å². The van der Waals surface area contributed by atoms with Crippen LogP contribution in [-0.2, 0) is 11.3 Å². The Balaban J connectivity index is 1.56. The molecule has 1 saturated carbocycles. The van der Waals surface area contributed by atoms with Gasteiger partial charge >= 0.3 is 0 Å². The fraction of sp³-hybridized carbons (Fsp3) is 0.591. The summed E-state index contributed by atoms with van der Waals surface area (Å²) in [5, 5.41) is 27.8. The lowest BCUT2D eigenvalue weighted by atomic mass is 9.65. The summed E-state index contributed by atoms with van der Waals surface area (Å²) in [5.41, 5.74) is 1.30. The van der Waals surface area contributed by atoms with Gasteiger partial charge in [0.2, 0.25) is 5.91 Å². The zero-order valence-corrected chi connectivity index (χ0v) is 17.5. The molecule has 1 amide bonds. The van der Waals surface area contributed by atoms with Gasteiger partial charge in [-0.25, -0.2) is 0 Å². The summed E-state index contributed by atoms with van der Waals surface area (Å²) in [6, 6.07) is 8.49. The average molecular weight is 403 g/mol. The van der Waals surface area contributed by atoms with Crippen molar-refractivity contribution in [1.29, 1.82) is 0 Å². The summed E-state index contributed by atoms with van der Waals surface area (Å²) < 4.78 is 1.28. The summed E-state index contributed by atoms with van der Waals surface area (Å²) in [6.45, 7) is 8.11. The quantitative estimate of drug-likeness (QED) is 0.735. The zero-order chi connectivity index (χ0) is 20.0. The van der Waals surface area contributed by atoms with Gasteiger partial charge < -0.3 is 15.5 Å². The number of nitrogens with zero attached hydrogens (tertiary/aromatic N) is 1. The highest BCUT2D eigenvalue weighted by atomic mass is 32.1. The minimum Gasteiger partial charge on any atom is -0.390 e. The molecule has 2 aliphatic rings. The molecule has 1 aliphatic heterocycles. The maximum Gasteiger partial charge on any atom is 0.224 e.